The molecule has 0 saturated heterocycles. The molecule has 0 aromatic carbocycles. The summed E-state index contributed by atoms with van der Waals surface area (Å²) in [6, 6.07) is 3.19. The van der Waals surface area contributed by atoms with Crippen molar-refractivity contribution in [3.8, 4) is 0 Å². The average molecular weight is 201 g/mol. The second kappa shape index (κ2) is 4.10. The number of aromatic nitrogens is 4. The van der Waals surface area contributed by atoms with Gasteiger partial charge in [0.05, 0.1) is 5.69 Å². The summed E-state index contributed by atoms with van der Waals surface area (Å²) < 4.78 is 0. The maximum Gasteiger partial charge on any atom is 0.151 e. The molecule has 1 unspecified atom stereocenters. The average Bonchev–Trinajstić information content (AvgIpc) is 2.29. The molecule has 0 aliphatic heterocycles. The van der Waals surface area contributed by atoms with Crippen LogP contribution in [-0.4, -0.2) is 19.9 Å². The maximum absolute atomic E-state index is 5.97. The van der Waals surface area contributed by atoms with Gasteiger partial charge >= 0.3 is 0 Å². The molecule has 0 aliphatic carbocycles. The highest BCUT2D eigenvalue weighted by molar-refractivity contribution is 5.15. The molecule has 0 saturated carbocycles. The van der Waals surface area contributed by atoms with Crippen LogP contribution in [0.2, 0.25) is 0 Å². The molecule has 2 aromatic heterocycles. The van der Waals surface area contributed by atoms with Gasteiger partial charge in [0.25, 0.3) is 0 Å². The quantitative estimate of drug-likeness (QED) is 0.770. The molecule has 5 nitrogen and oxygen atoms in total. The molecule has 76 valence electrons. The van der Waals surface area contributed by atoms with Gasteiger partial charge in [-0.1, -0.05) is 0 Å². The summed E-state index contributed by atoms with van der Waals surface area (Å²) in [5, 5.41) is 0. The van der Waals surface area contributed by atoms with E-state index >= 15 is 0 Å². The molecule has 1 atom stereocenters. The number of hydrogen-bond donors (Lipinski definition) is 1. The predicted octanol–water partition coefficient (Wildman–Crippen LogP) is 0.623. The Morgan fingerprint density at radius 2 is 2.07 bits per heavy atom. The highest BCUT2D eigenvalue weighted by Gasteiger charge is 2.12. The van der Waals surface area contributed by atoms with Crippen LogP contribution in [-0.2, 0) is 0 Å². The second-order valence-corrected chi connectivity index (χ2v) is 3.17. The largest absolute Gasteiger partial charge is 0.316 e. The summed E-state index contributed by atoms with van der Waals surface area (Å²) in [7, 11) is 0. The SMILES string of the molecule is Cc1ccnc(C(N)c2ccncn2)n1. The van der Waals surface area contributed by atoms with E-state index in [0.29, 0.717) is 5.82 Å². The van der Waals surface area contributed by atoms with Crippen LogP contribution in [0.3, 0.4) is 0 Å². The van der Waals surface area contributed by atoms with Gasteiger partial charge in [0.15, 0.2) is 5.82 Å². The molecule has 0 bridgehead atoms. The van der Waals surface area contributed by atoms with Crippen LogP contribution in [0, 0.1) is 6.92 Å². The first kappa shape index (κ1) is 9.67. The molecule has 0 fully saturated rings. The molecule has 2 aromatic rings. The van der Waals surface area contributed by atoms with Crippen LogP contribution < -0.4 is 5.73 Å². The van der Waals surface area contributed by atoms with Crippen LogP contribution in [0.4, 0.5) is 0 Å². The van der Waals surface area contributed by atoms with Crippen LogP contribution in [0.1, 0.15) is 23.3 Å². The third-order valence-corrected chi connectivity index (χ3v) is 2.02. The predicted molar refractivity (Wildman–Crippen MR) is 54.8 cm³/mol. The minimum Gasteiger partial charge on any atom is -0.316 e. The van der Waals surface area contributed by atoms with Crippen molar-refractivity contribution in [3.63, 3.8) is 0 Å². The molecular formula is C10H11N5. The number of aryl methyl sites for hydroxylation is 1. The Kier molecular flexibility index (Phi) is 2.64. The Morgan fingerprint density at radius 1 is 1.20 bits per heavy atom. The van der Waals surface area contributed by atoms with Crippen molar-refractivity contribution in [2.24, 2.45) is 5.73 Å². The smallest absolute Gasteiger partial charge is 0.151 e. The molecule has 15 heavy (non-hydrogen) atoms. The van der Waals surface area contributed by atoms with Crippen molar-refractivity contribution in [2.45, 2.75) is 13.0 Å². The summed E-state index contributed by atoms with van der Waals surface area (Å²) in [6.45, 7) is 1.90. The van der Waals surface area contributed by atoms with E-state index < -0.39 is 6.04 Å². The van der Waals surface area contributed by atoms with Gasteiger partial charge in [0.2, 0.25) is 0 Å². The van der Waals surface area contributed by atoms with Gasteiger partial charge in [-0.05, 0) is 19.1 Å². The van der Waals surface area contributed by atoms with Gasteiger partial charge in [-0.25, -0.2) is 19.9 Å². The normalized spacial score (nSPS) is 12.4. The topological polar surface area (TPSA) is 77.6 Å². The van der Waals surface area contributed by atoms with Gasteiger partial charge in [-0.15, -0.1) is 0 Å². The number of rotatable bonds is 2. The molecule has 0 radical (unpaired) electrons. The van der Waals surface area contributed by atoms with Gasteiger partial charge in [0.1, 0.15) is 12.4 Å². The first-order valence-electron chi connectivity index (χ1n) is 4.58. The van der Waals surface area contributed by atoms with Crippen molar-refractivity contribution >= 4 is 0 Å². The number of hydrogen-bond acceptors (Lipinski definition) is 5. The van der Waals surface area contributed by atoms with Crippen molar-refractivity contribution in [1.82, 2.24) is 19.9 Å². The first-order valence-corrected chi connectivity index (χ1v) is 4.58. The lowest BCUT2D eigenvalue weighted by Crippen LogP contribution is -2.17. The fourth-order valence-corrected chi connectivity index (χ4v) is 1.24. The molecule has 0 amide bonds. The zero-order chi connectivity index (χ0) is 10.7. The summed E-state index contributed by atoms with van der Waals surface area (Å²) in [5.74, 6) is 0.578. The van der Waals surface area contributed by atoms with Gasteiger partial charge in [-0.2, -0.15) is 0 Å². The van der Waals surface area contributed by atoms with Crippen LogP contribution in [0.5, 0.6) is 0 Å². The second-order valence-electron chi connectivity index (χ2n) is 3.17. The van der Waals surface area contributed by atoms with Crippen LogP contribution >= 0.6 is 0 Å². The van der Waals surface area contributed by atoms with E-state index in [1.165, 1.54) is 6.33 Å². The molecule has 5 heteroatoms. The fourth-order valence-electron chi connectivity index (χ4n) is 1.24. The number of nitrogens with two attached hydrogens (primary N) is 1. The third kappa shape index (κ3) is 2.13. The fraction of sp³-hybridized carbons (Fsp3) is 0.200. The molecule has 0 aliphatic rings. The van der Waals surface area contributed by atoms with E-state index in [9.17, 15) is 0 Å². The van der Waals surface area contributed by atoms with Crippen molar-refractivity contribution in [1.29, 1.82) is 0 Å². The summed E-state index contributed by atoms with van der Waals surface area (Å²) in [4.78, 5) is 16.3. The molecular weight excluding hydrogens is 190 g/mol. The van der Waals surface area contributed by atoms with E-state index in [1.807, 2.05) is 13.0 Å². The molecule has 2 heterocycles. The van der Waals surface area contributed by atoms with Crippen LogP contribution in [0.15, 0.2) is 30.9 Å². The van der Waals surface area contributed by atoms with Gasteiger partial charge < -0.3 is 5.73 Å². The minimum atomic E-state index is -0.395. The third-order valence-electron chi connectivity index (χ3n) is 2.02. The van der Waals surface area contributed by atoms with E-state index in [4.69, 9.17) is 5.73 Å². The summed E-state index contributed by atoms with van der Waals surface area (Å²) in [6.07, 6.45) is 4.81. The number of nitrogens with zero attached hydrogens (tertiary/aromatic N) is 4. The summed E-state index contributed by atoms with van der Waals surface area (Å²) >= 11 is 0. The Labute approximate surface area is 87.4 Å². The zero-order valence-electron chi connectivity index (χ0n) is 8.33. The van der Waals surface area contributed by atoms with Crippen molar-refractivity contribution in [2.75, 3.05) is 0 Å². The van der Waals surface area contributed by atoms with Gasteiger partial charge in [-0.3, -0.25) is 0 Å². The monoisotopic (exact) mass is 201 g/mol. The standard InChI is InChI=1S/C10H11N5/c1-7-2-5-13-10(15-7)9(11)8-3-4-12-6-14-8/h2-6,9H,11H2,1H3. The highest BCUT2D eigenvalue weighted by atomic mass is 14.9. The van der Waals surface area contributed by atoms with Gasteiger partial charge in [0, 0.05) is 18.1 Å². The molecule has 2 N–H and O–H groups in total. The Bertz CT molecular complexity index is 443. The van der Waals surface area contributed by atoms with E-state index in [1.54, 1.807) is 18.5 Å². The van der Waals surface area contributed by atoms with Crippen molar-refractivity contribution < 1.29 is 0 Å². The Morgan fingerprint density at radius 3 is 2.73 bits per heavy atom. The van der Waals surface area contributed by atoms with E-state index in [0.717, 1.165) is 11.4 Å². The maximum atomic E-state index is 5.97. The lowest BCUT2D eigenvalue weighted by Gasteiger charge is -2.08. The van der Waals surface area contributed by atoms with E-state index in [-0.39, 0.29) is 0 Å². The molecule has 0 spiro atoms. The Balaban J connectivity index is 2.32. The molecule has 2 rings (SSSR count). The lowest BCUT2D eigenvalue weighted by atomic mass is 10.2. The first-order chi connectivity index (χ1) is 7.27. The van der Waals surface area contributed by atoms with Crippen molar-refractivity contribution in [3.05, 3.63) is 48.1 Å². The van der Waals surface area contributed by atoms with E-state index in [2.05, 4.69) is 19.9 Å². The minimum absolute atomic E-state index is 0.395. The highest BCUT2D eigenvalue weighted by Crippen LogP contribution is 2.12. The van der Waals surface area contributed by atoms with Crippen LogP contribution in [0.25, 0.3) is 0 Å². The lowest BCUT2D eigenvalue weighted by molar-refractivity contribution is 0.743. The zero-order valence-corrected chi connectivity index (χ0v) is 8.33. The summed E-state index contributed by atoms with van der Waals surface area (Å²) in [5.41, 5.74) is 7.58. The Hall–Kier alpha value is -1.88.